The SMILES string of the molecule is O=Cc1cc(-c2cscc2Br)ccc1F. The average Bonchev–Trinajstić information content (AvgIpc) is 2.65. The number of hydrogen-bond acceptors (Lipinski definition) is 2. The first kappa shape index (κ1) is 10.5. The molecule has 0 saturated heterocycles. The van der Waals surface area contributed by atoms with Gasteiger partial charge in [-0.3, -0.25) is 4.79 Å². The highest BCUT2D eigenvalue weighted by atomic mass is 79.9. The van der Waals surface area contributed by atoms with Gasteiger partial charge in [-0.15, -0.1) is 0 Å². The maximum Gasteiger partial charge on any atom is 0.153 e. The van der Waals surface area contributed by atoms with Crippen molar-refractivity contribution in [3.05, 3.63) is 44.8 Å². The van der Waals surface area contributed by atoms with Gasteiger partial charge in [-0.1, -0.05) is 6.07 Å². The van der Waals surface area contributed by atoms with Gasteiger partial charge < -0.3 is 0 Å². The molecule has 0 amide bonds. The zero-order valence-electron chi connectivity index (χ0n) is 7.54. The molecule has 1 nitrogen and oxygen atoms in total. The predicted octanol–water partition coefficient (Wildman–Crippen LogP) is 4.13. The first-order valence-electron chi connectivity index (χ1n) is 4.19. The number of aldehydes is 1. The van der Waals surface area contributed by atoms with E-state index in [0.717, 1.165) is 15.6 Å². The molecule has 0 N–H and O–H groups in total. The zero-order valence-corrected chi connectivity index (χ0v) is 9.94. The number of thiophene rings is 1. The van der Waals surface area contributed by atoms with Crippen LogP contribution in [0.3, 0.4) is 0 Å². The van der Waals surface area contributed by atoms with Crippen molar-refractivity contribution < 1.29 is 9.18 Å². The van der Waals surface area contributed by atoms with Crippen molar-refractivity contribution in [1.82, 2.24) is 0 Å². The van der Waals surface area contributed by atoms with Crippen molar-refractivity contribution >= 4 is 33.6 Å². The minimum absolute atomic E-state index is 0.0885. The van der Waals surface area contributed by atoms with Gasteiger partial charge in [0.25, 0.3) is 0 Å². The van der Waals surface area contributed by atoms with Crippen LogP contribution in [-0.2, 0) is 0 Å². The van der Waals surface area contributed by atoms with Gasteiger partial charge in [0.2, 0.25) is 0 Å². The van der Waals surface area contributed by atoms with Crippen LogP contribution in [0.1, 0.15) is 10.4 Å². The van der Waals surface area contributed by atoms with Crippen LogP contribution < -0.4 is 0 Å². The third-order valence-electron chi connectivity index (χ3n) is 2.05. The molecule has 0 aliphatic heterocycles. The summed E-state index contributed by atoms with van der Waals surface area (Å²) in [7, 11) is 0. The van der Waals surface area contributed by atoms with E-state index in [0.29, 0.717) is 6.29 Å². The second-order valence-corrected chi connectivity index (χ2v) is 4.59. The van der Waals surface area contributed by atoms with Crippen molar-refractivity contribution in [2.45, 2.75) is 0 Å². The normalized spacial score (nSPS) is 10.3. The molecule has 2 rings (SSSR count). The number of carbonyl (C=O) groups excluding carboxylic acids is 1. The fourth-order valence-corrected chi connectivity index (χ4v) is 2.82. The Hall–Kier alpha value is -1.00. The lowest BCUT2D eigenvalue weighted by atomic mass is 10.1. The molecule has 1 aromatic heterocycles. The van der Waals surface area contributed by atoms with Crippen LogP contribution in [0, 0.1) is 5.82 Å². The molecule has 0 spiro atoms. The van der Waals surface area contributed by atoms with E-state index < -0.39 is 5.82 Å². The smallest absolute Gasteiger partial charge is 0.153 e. The standard InChI is InChI=1S/C11H6BrFOS/c12-10-6-15-5-9(10)7-1-2-11(13)8(3-7)4-14/h1-6H. The van der Waals surface area contributed by atoms with Gasteiger partial charge in [-0.2, -0.15) is 11.3 Å². The van der Waals surface area contributed by atoms with E-state index >= 15 is 0 Å². The van der Waals surface area contributed by atoms with Crippen LogP contribution >= 0.6 is 27.3 Å². The highest BCUT2D eigenvalue weighted by Crippen LogP contribution is 2.32. The largest absolute Gasteiger partial charge is 0.298 e. The number of halogens is 2. The Kier molecular flexibility index (Phi) is 2.98. The van der Waals surface area contributed by atoms with Crippen molar-refractivity contribution in [1.29, 1.82) is 0 Å². The van der Waals surface area contributed by atoms with Gasteiger partial charge >= 0.3 is 0 Å². The van der Waals surface area contributed by atoms with E-state index in [1.54, 1.807) is 23.5 Å². The molecule has 0 bridgehead atoms. The van der Waals surface area contributed by atoms with Crippen LogP contribution in [-0.4, -0.2) is 6.29 Å². The molecule has 4 heteroatoms. The van der Waals surface area contributed by atoms with E-state index in [-0.39, 0.29) is 5.56 Å². The third-order valence-corrected chi connectivity index (χ3v) is 3.75. The summed E-state index contributed by atoms with van der Waals surface area (Å²) < 4.78 is 14.0. The summed E-state index contributed by atoms with van der Waals surface area (Å²) in [5, 5.41) is 3.89. The number of carbonyl (C=O) groups is 1. The molecular formula is C11H6BrFOS. The fourth-order valence-electron chi connectivity index (χ4n) is 1.29. The maximum atomic E-state index is 13.1. The second-order valence-electron chi connectivity index (χ2n) is 2.99. The lowest BCUT2D eigenvalue weighted by Gasteiger charge is -2.01. The first-order valence-corrected chi connectivity index (χ1v) is 5.92. The summed E-state index contributed by atoms with van der Waals surface area (Å²) in [5.41, 5.74) is 1.90. The van der Waals surface area contributed by atoms with Crippen molar-refractivity contribution in [2.75, 3.05) is 0 Å². The van der Waals surface area contributed by atoms with Crippen LogP contribution in [0.15, 0.2) is 33.4 Å². The third kappa shape index (κ3) is 2.01. The van der Waals surface area contributed by atoms with Crippen LogP contribution in [0.5, 0.6) is 0 Å². The Morgan fingerprint density at radius 3 is 2.73 bits per heavy atom. The van der Waals surface area contributed by atoms with Gasteiger partial charge in [0.1, 0.15) is 5.82 Å². The lowest BCUT2D eigenvalue weighted by Crippen LogP contribution is -1.88. The summed E-state index contributed by atoms with van der Waals surface area (Å²) in [6.45, 7) is 0. The molecule has 0 aliphatic rings. The Bertz CT molecular complexity index is 507. The molecule has 0 radical (unpaired) electrons. The molecule has 15 heavy (non-hydrogen) atoms. The van der Waals surface area contributed by atoms with Crippen LogP contribution in [0.2, 0.25) is 0 Å². The second kappa shape index (κ2) is 4.24. The molecule has 0 atom stereocenters. The Balaban J connectivity index is 2.55. The van der Waals surface area contributed by atoms with E-state index in [2.05, 4.69) is 15.9 Å². The average molecular weight is 285 g/mol. The van der Waals surface area contributed by atoms with Gasteiger partial charge in [0, 0.05) is 15.4 Å². The quantitative estimate of drug-likeness (QED) is 0.758. The molecule has 76 valence electrons. The summed E-state index contributed by atoms with van der Waals surface area (Å²) in [6, 6.07) is 4.52. The summed E-state index contributed by atoms with van der Waals surface area (Å²) in [6.07, 6.45) is 0.527. The fraction of sp³-hybridized carbons (Fsp3) is 0. The molecule has 0 saturated carbocycles. The van der Waals surface area contributed by atoms with Crippen molar-refractivity contribution in [3.8, 4) is 11.1 Å². The molecule has 1 aromatic carbocycles. The van der Waals surface area contributed by atoms with Gasteiger partial charge in [0.15, 0.2) is 6.29 Å². The van der Waals surface area contributed by atoms with Gasteiger partial charge in [0.05, 0.1) is 5.56 Å². The van der Waals surface area contributed by atoms with E-state index in [1.807, 2.05) is 10.8 Å². The molecule has 0 aliphatic carbocycles. The van der Waals surface area contributed by atoms with Crippen LogP contribution in [0.25, 0.3) is 11.1 Å². The monoisotopic (exact) mass is 284 g/mol. The minimum atomic E-state index is -0.486. The Labute approximate surface area is 98.7 Å². The molecule has 2 aromatic rings. The topological polar surface area (TPSA) is 17.1 Å². The summed E-state index contributed by atoms with van der Waals surface area (Å²) in [4.78, 5) is 10.6. The maximum absolute atomic E-state index is 13.1. The van der Waals surface area contributed by atoms with Crippen molar-refractivity contribution in [2.24, 2.45) is 0 Å². The van der Waals surface area contributed by atoms with Gasteiger partial charge in [-0.05, 0) is 39.0 Å². The summed E-state index contributed by atoms with van der Waals surface area (Å²) in [5.74, 6) is -0.486. The lowest BCUT2D eigenvalue weighted by molar-refractivity contribution is 0.112. The van der Waals surface area contributed by atoms with E-state index in [1.165, 1.54) is 6.07 Å². The Morgan fingerprint density at radius 1 is 1.33 bits per heavy atom. The van der Waals surface area contributed by atoms with Crippen molar-refractivity contribution in [3.63, 3.8) is 0 Å². The molecule has 0 fully saturated rings. The first-order chi connectivity index (χ1) is 7.22. The number of benzene rings is 1. The number of rotatable bonds is 2. The highest BCUT2D eigenvalue weighted by Gasteiger charge is 2.07. The Morgan fingerprint density at radius 2 is 2.13 bits per heavy atom. The summed E-state index contributed by atoms with van der Waals surface area (Å²) >= 11 is 4.95. The zero-order chi connectivity index (χ0) is 10.8. The molecular weight excluding hydrogens is 279 g/mol. The minimum Gasteiger partial charge on any atom is -0.298 e. The van der Waals surface area contributed by atoms with Gasteiger partial charge in [-0.25, -0.2) is 4.39 Å². The van der Waals surface area contributed by atoms with E-state index in [9.17, 15) is 9.18 Å². The highest BCUT2D eigenvalue weighted by molar-refractivity contribution is 9.10. The number of hydrogen-bond donors (Lipinski definition) is 0. The molecule has 0 unspecified atom stereocenters. The predicted molar refractivity (Wildman–Crippen MR) is 62.8 cm³/mol. The van der Waals surface area contributed by atoms with Crippen LogP contribution in [0.4, 0.5) is 4.39 Å². The molecule has 1 heterocycles. The van der Waals surface area contributed by atoms with E-state index in [4.69, 9.17) is 0 Å².